The van der Waals surface area contributed by atoms with E-state index in [0.717, 1.165) is 0 Å². The maximum atomic E-state index is 10.4. The summed E-state index contributed by atoms with van der Waals surface area (Å²) in [5.41, 5.74) is 0. The van der Waals surface area contributed by atoms with E-state index in [4.69, 9.17) is 31.0 Å². The Hall–Kier alpha value is -0.460. The minimum absolute atomic E-state index is 0.266. The highest BCUT2D eigenvalue weighted by Gasteiger charge is 2.26. The molecule has 0 aromatic carbocycles. The van der Waals surface area contributed by atoms with Crippen LogP contribution >= 0.6 is 19.6 Å². The summed E-state index contributed by atoms with van der Waals surface area (Å²) in [5, 5.41) is 0. The van der Waals surface area contributed by atoms with Crippen molar-refractivity contribution in [2.24, 2.45) is 0 Å². The standard InChI is InChI=1S/C4H4ClNO2.H3O4P/c5-6-3(7)1-2-4(6)8;1-5(2,3)4/h1-2H2;(H3,1,2,3,4). The number of nitrogens with zero attached hydrogens (tertiary/aromatic N) is 1. The molecule has 1 rings (SSSR count). The molecule has 0 spiro atoms. The lowest BCUT2D eigenvalue weighted by Gasteiger charge is -1.96. The molecule has 13 heavy (non-hydrogen) atoms. The number of halogens is 1. The van der Waals surface area contributed by atoms with Crippen molar-refractivity contribution in [3.63, 3.8) is 0 Å². The molecule has 1 aliphatic rings. The highest BCUT2D eigenvalue weighted by molar-refractivity contribution is 7.45. The second kappa shape index (κ2) is 4.69. The molecule has 0 aromatic heterocycles. The lowest BCUT2D eigenvalue weighted by molar-refractivity contribution is -0.132. The number of rotatable bonds is 0. The lowest BCUT2D eigenvalue weighted by atomic mass is 10.4. The molecule has 2 amide bonds. The van der Waals surface area contributed by atoms with E-state index in [2.05, 4.69) is 0 Å². The van der Waals surface area contributed by atoms with Gasteiger partial charge in [-0.25, -0.2) is 4.57 Å². The third-order valence-electron chi connectivity index (χ3n) is 0.991. The van der Waals surface area contributed by atoms with Crippen LogP contribution in [-0.2, 0) is 14.2 Å². The molecule has 1 aliphatic heterocycles. The molecule has 1 fully saturated rings. The molecule has 7 nitrogen and oxygen atoms in total. The molecule has 1 saturated heterocycles. The molecule has 0 saturated carbocycles. The normalized spacial score (nSPS) is 17.1. The summed E-state index contributed by atoms with van der Waals surface area (Å²) in [4.78, 5) is 42.3. The fraction of sp³-hybridized carbons (Fsp3) is 0.500. The van der Waals surface area contributed by atoms with Gasteiger partial charge in [-0.1, -0.05) is 0 Å². The van der Waals surface area contributed by atoms with Crippen LogP contribution in [0.3, 0.4) is 0 Å². The molecule has 0 atom stereocenters. The average molecular weight is 232 g/mol. The molecule has 0 aliphatic carbocycles. The second-order valence-corrected chi connectivity index (χ2v) is 3.45. The third-order valence-corrected chi connectivity index (χ3v) is 1.37. The van der Waals surface area contributed by atoms with Gasteiger partial charge in [0.2, 0.25) is 11.8 Å². The van der Waals surface area contributed by atoms with Crippen molar-refractivity contribution in [2.75, 3.05) is 0 Å². The molecule has 0 unspecified atom stereocenters. The number of carbonyl (C=O) groups is 2. The first kappa shape index (κ1) is 12.5. The van der Waals surface area contributed by atoms with Gasteiger partial charge in [0.15, 0.2) is 0 Å². The third kappa shape index (κ3) is 6.68. The molecular weight excluding hydrogens is 224 g/mol. The zero-order valence-corrected chi connectivity index (χ0v) is 7.90. The van der Waals surface area contributed by atoms with Gasteiger partial charge in [0.25, 0.3) is 0 Å². The van der Waals surface area contributed by atoms with E-state index >= 15 is 0 Å². The summed E-state index contributed by atoms with van der Waals surface area (Å²) >= 11 is 5.15. The number of carbonyl (C=O) groups excluding carboxylic acids is 2. The predicted molar refractivity (Wildman–Crippen MR) is 41.2 cm³/mol. The smallest absolute Gasteiger partial charge is 0.303 e. The fourth-order valence-electron chi connectivity index (χ4n) is 0.549. The second-order valence-electron chi connectivity index (χ2n) is 2.08. The molecule has 76 valence electrons. The first-order chi connectivity index (χ1) is 5.72. The van der Waals surface area contributed by atoms with E-state index in [1.807, 2.05) is 0 Å². The maximum absolute atomic E-state index is 10.4. The van der Waals surface area contributed by atoms with E-state index in [1.54, 1.807) is 0 Å². The van der Waals surface area contributed by atoms with E-state index in [-0.39, 0.29) is 24.7 Å². The first-order valence-corrected chi connectivity index (χ1v) is 4.92. The van der Waals surface area contributed by atoms with Crippen molar-refractivity contribution in [2.45, 2.75) is 12.8 Å². The topological polar surface area (TPSA) is 115 Å². The Morgan fingerprint density at radius 2 is 1.38 bits per heavy atom. The molecule has 3 N–H and O–H groups in total. The van der Waals surface area contributed by atoms with Gasteiger partial charge in [0.05, 0.1) is 0 Å². The SMILES string of the molecule is O=C1CCC(=O)N1Cl.O=P(O)(O)O. The highest BCUT2D eigenvalue weighted by atomic mass is 35.5. The Morgan fingerprint density at radius 1 is 1.15 bits per heavy atom. The van der Waals surface area contributed by atoms with E-state index < -0.39 is 7.82 Å². The number of phosphoric acid groups is 1. The van der Waals surface area contributed by atoms with Crippen molar-refractivity contribution in [1.29, 1.82) is 0 Å². The van der Waals surface area contributed by atoms with Gasteiger partial charge in [-0.05, 0) is 0 Å². The van der Waals surface area contributed by atoms with E-state index in [9.17, 15) is 9.59 Å². The van der Waals surface area contributed by atoms with Crippen LogP contribution in [0.2, 0.25) is 0 Å². The predicted octanol–water partition coefficient (Wildman–Crippen LogP) is -0.639. The zero-order valence-electron chi connectivity index (χ0n) is 6.25. The average Bonchev–Trinajstić information content (AvgIpc) is 2.16. The summed E-state index contributed by atoms with van der Waals surface area (Å²) in [6.07, 6.45) is 0.532. The Balaban J connectivity index is 0.000000252. The molecule has 9 heteroatoms. The van der Waals surface area contributed by atoms with Crippen LogP contribution in [0.25, 0.3) is 0 Å². The quantitative estimate of drug-likeness (QED) is 0.290. The maximum Gasteiger partial charge on any atom is 0.466 e. The van der Waals surface area contributed by atoms with Gasteiger partial charge < -0.3 is 14.7 Å². The van der Waals surface area contributed by atoms with Crippen LogP contribution < -0.4 is 0 Å². The Morgan fingerprint density at radius 3 is 1.46 bits per heavy atom. The number of hydrogen-bond donors (Lipinski definition) is 3. The summed E-state index contributed by atoms with van der Waals surface area (Å²) in [7, 11) is -4.64. The van der Waals surface area contributed by atoms with E-state index in [1.165, 1.54) is 0 Å². The van der Waals surface area contributed by atoms with Gasteiger partial charge in [0, 0.05) is 24.6 Å². The van der Waals surface area contributed by atoms with E-state index in [0.29, 0.717) is 4.42 Å². The van der Waals surface area contributed by atoms with Gasteiger partial charge in [-0.15, -0.1) is 0 Å². The Bertz CT molecular complexity index is 237. The summed E-state index contributed by atoms with van der Waals surface area (Å²) in [6, 6.07) is 0. The van der Waals surface area contributed by atoms with Gasteiger partial charge in [-0.2, -0.15) is 4.42 Å². The van der Waals surface area contributed by atoms with Gasteiger partial charge >= 0.3 is 7.82 Å². The Labute approximate surface area is 78.3 Å². The minimum atomic E-state index is -4.64. The number of amides is 2. The molecule has 0 radical (unpaired) electrons. The lowest BCUT2D eigenvalue weighted by Crippen LogP contribution is -2.16. The largest absolute Gasteiger partial charge is 0.466 e. The van der Waals surface area contributed by atoms with Crippen LogP contribution in [0.1, 0.15) is 12.8 Å². The van der Waals surface area contributed by atoms with Crippen LogP contribution in [0.4, 0.5) is 0 Å². The van der Waals surface area contributed by atoms with Crippen molar-refractivity contribution in [1.82, 2.24) is 4.42 Å². The summed E-state index contributed by atoms with van der Waals surface area (Å²) in [6.45, 7) is 0. The van der Waals surface area contributed by atoms with Gasteiger partial charge in [-0.3, -0.25) is 9.59 Å². The van der Waals surface area contributed by atoms with Crippen molar-refractivity contribution >= 4 is 31.4 Å². The van der Waals surface area contributed by atoms with Crippen LogP contribution in [0.5, 0.6) is 0 Å². The minimum Gasteiger partial charge on any atom is -0.303 e. The number of hydrogen-bond acceptors (Lipinski definition) is 3. The van der Waals surface area contributed by atoms with Crippen molar-refractivity contribution in [3.05, 3.63) is 0 Å². The Kier molecular flexibility index (Phi) is 4.52. The fourth-order valence-corrected chi connectivity index (χ4v) is 0.718. The molecule has 1 heterocycles. The van der Waals surface area contributed by atoms with Gasteiger partial charge in [0.1, 0.15) is 0 Å². The van der Waals surface area contributed by atoms with Crippen LogP contribution in [0, 0.1) is 0 Å². The van der Waals surface area contributed by atoms with Crippen LogP contribution in [0.15, 0.2) is 0 Å². The molecular formula is C4H7ClNO6P. The van der Waals surface area contributed by atoms with Crippen molar-refractivity contribution < 1.29 is 28.8 Å². The first-order valence-electron chi connectivity index (χ1n) is 3.01. The molecule has 0 aromatic rings. The highest BCUT2D eigenvalue weighted by Crippen LogP contribution is 2.25. The summed E-state index contributed by atoms with van der Waals surface area (Å²) in [5.74, 6) is -0.590. The monoisotopic (exact) mass is 231 g/mol. The zero-order chi connectivity index (χ0) is 10.6. The van der Waals surface area contributed by atoms with Crippen LogP contribution in [-0.4, -0.2) is 30.9 Å². The molecule has 0 bridgehead atoms. The summed E-state index contributed by atoms with van der Waals surface area (Å²) < 4.78 is 9.52. The number of imide groups is 1. The van der Waals surface area contributed by atoms with Crippen molar-refractivity contribution in [3.8, 4) is 0 Å².